The SMILES string of the molecule is CN(C)c1cnn(Cc2cccc(B(O)O)c2)c(=O)c1. The summed E-state index contributed by atoms with van der Waals surface area (Å²) >= 11 is 0. The van der Waals surface area contributed by atoms with E-state index in [0.717, 1.165) is 11.3 Å². The van der Waals surface area contributed by atoms with Crippen LogP contribution < -0.4 is 15.9 Å². The van der Waals surface area contributed by atoms with E-state index < -0.39 is 7.12 Å². The maximum atomic E-state index is 11.9. The standard InChI is InChI=1S/C13H16BN3O3/c1-16(2)12-7-13(18)17(15-8-12)9-10-4-3-5-11(6-10)14(19)20/h3-8,19-20H,9H2,1-2H3. The van der Waals surface area contributed by atoms with Crippen LogP contribution in [0.1, 0.15) is 5.56 Å². The largest absolute Gasteiger partial charge is 0.488 e. The van der Waals surface area contributed by atoms with E-state index in [1.54, 1.807) is 30.5 Å². The molecule has 1 aromatic carbocycles. The smallest absolute Gasteiger partial charge is 0.423 e. The van der Waals surface area contributed by atoms with Crippen molar-refractivity contribution >= 4 is 18.3 Å². The number of nitrogens with zero attached hydrogens (tertiary/aromatic N) is 3. The first-order chi connectivity index (χ1) is 9.47. The Morgan fingerprint density at radius 2 is 2.05 bits per heavy atom. The van der Waals surface area contributed by atoms with Crippen molar-refractivity contribution < 1.29 is 10.0 Å². The van der Waals surface area contributed by atoms with Gasteiger partial charge in [0.2, 0.25) is 0 Å². The number of benzene rings is 1. The molecule has 6 nitrogen and oxygen atoms in total. The van der Waals surface area contributed by atoms with Gasteiger partial charge in [0.05, 0.1) is 18.4 Å². The van der Waals surface area contributed by atoms with E-state index in [1.165, 1.54) is 10.7 Å². The summed E-state index contributed by atoms with van der Waals surface area (Å²) < 4.78 is 1.33. The van der Waals surface area contributed by atoms with Crippen molar-refractivity contribution in [1.29, 1.82) is 0 Å². The molecule has 1 aromatic heterocycles. The molecular weight excluding hydrogens is 257 g/mol. The summed E-state index contributed by atoms with van der Waals surface area (Å²) in [7, 11) is 2.16. The highest BCUT2D eigenvalue weighted by molar-refractivity contribution is 6.58. The highest BCUT2D eigenvalue weighted by Crippen LogP contribution is 2.05. The van der Waals surface area contributed by atoms with Crippen molar-refractivity contribution in [2.24, 2.45) is 0 Å². The lowest BCUT2D eigenvalue weighted by Crippen LogP contribution is -2.30. The van der Waals surface area contributed by atoms with Gasteiger partial charge in [-0.25, -0.2) is 4.68 Å². The Morgan fingerprint density at radius 3 is 2.65 bits per heavy atom. The molecule has 20 heavy (non-hydrogen) atoms. The quantitative estimate of drug-likeness (QED) is 0.701. The number of rotatable bonds is 4. The lowest BCUT2D eigenvalue weighted by molar-refractivity contribution is 0.425. The number of aromatic nitrogens is 2. The molecule has 2 rings (SSSR count). The van der Waals surface area contributed by atoms with Crippen LogP contribution in [0.2, 0.25) is 0 Å². The van der Waals surface area contributed by atoms with E-state index >= 15 is 0 Å². The number of hydrogen-bond donors (Lipinski definition) is 2. The Morgan fingerprint density at radius 1 is 1.30 bits per heavy atom. The Balaban J connectivity index is 2.26. The molecule has 0 bridgehead atoms. The third kappa shape index (κ3) is 3.25. The maximum Gasteiger partial charge on any atom is 0.488 e. The van der Waals surface area contributed by atoms with E-state index in [4.69, 9.17) is 10.0 Å². The van der Waals surface area contributed by atoms with Gasteiger partial charge in [-0.3, -0.25) is 4.79 Å². The maximum absolute atomic E-state index is 11.9. The van der Waals surface area contributed by atoms with Crippen LogP contribution in [0.15, 0.2) is 41.3 Å². The fourth-order valence-corrected chi connectivity index (χ4v) is 1.81. The van der Waals surface area contributed by atoms with E-state index in [2.05, 4.69) is 5.10 Å². The fourth-order valence-electron chi connectivity index (χ4n) is 1.81. The van der Waals surface area contributed by atoms with E-state index in [1.807, 2.05) is 19.0 Å². The Bertz CT molecular complexity index is 655. The van der Waals surface area contributed by atoms with Crippen LogP contribution in [0.25, 0.3) is 0 Å². The topological polar surface area (TPSA) is 78.6 Å². The summed E-state index contributed by atoms with van der Waals surface area (Å²) in [6.07, 6.45) is 1.62. The van der Waals surface area contributed by atoms with Crippen LogP contribution in [0, 0.1) is 0 Å². The van der Waals surface area contributed by atoms with Crippen molar-refractivity contribution in [3.8, 4) is 0 Å². The minimum absolute atomic E-state index is 0.203. The van der Waals surface area contributed by atoms with Gasteiger partial charge < -0.3 is 14.9 Å². The summed E-state index contributed by atoms with van der Waals surface area (Å²) in [4.78, 5) is 13.7. The van der Waals surface area contributed by atoms with E-state index in [9.17, 15) is 4.79 Å². The third-order valence-electron chi connectivity index (χ3n) is 2.95. The van der Waals surface area contributed by atoms with Crippen molar-refractivity contribution in [2.75, 3.05) is 19.0 Å². The minimum atomic E-state index is -1.52. The van der Waals surface area contributed by atoms with Crippen molar-refractivity contribution in [3.05, 3.63) is 52.4 Å². The predicted molar refractivity (Wildman–Crippen MR) is 78.2 cm³/mol. The van der Waals surface area contributed by atoms with Gasteiger partial charge >= 0.3 is 7.12 Å². The van der Waals surface area contributed by atoms with Crippen molar-refractivity contribution in [2.45, 2.75) is 6.54 Å². The van der Waals surface area contributed by atoms with E-state index in [-0.39, 0.29) is 12.1 Å². The first kappa shape index (κ1) is 14.3. The molecule has 0 spiro atoms. The first-order valence-electron chi connectivity index (χ1n) is 6.17. The fraction of sp³-hybridized carbons (Fsp3) is 0.231. The molecule has 0 unspecified atom stereocenters. The average molecular weight is 273 g/mol. The molecule has 0 atom stereocenters. The minimum Gasteiger partial charge on any atom is -0.423 e. The monoisotopic (exact) mass is 273 g/mol. The molecule has 0 saturated heterocycles. The van der Waals surface area contributed by atoms with Gasteiger partial charge in [0.25, 0.3) is 5.56 Å². The Labute approximate surface area is 117 Å². The molecule has 2 aromatic rings. The molecule has 0 saturated carbocycles. The summed E-state index contributed by atoms with van der Waals surface area (Å²) in [6, 6.07) is 8.28. The highest BCUT2D eigenvalue weighted by atomic mass is 16.4. The zero-order valence-electron chi connectivity index (χ0n) is 11.4. The lowest BCUT2D eigenvalue weighted by atomic mass is 9.80. The normalized spacial score (nSPS) is 10.4. The van der Waals surface area contributed by atoms with Crippen LogP contribution >= 0.6 is 0 Å². The number of hydrogen-bond acceptors (Lipinski definition) is 5. The second kappa shape index (κ2) is 5.89. The lowest BCUT2D eigenvalue weighted by Gasteiger charge is -2.12. The zero-order valence-corrected chi connectivity index (χ0v) is 11.4. The van der Waals surface area contributed by atoms with Gasteiger partial charge in [0, 0.05) is 20.2 Å². The summed E-state index contributed by atoms with van der Waals surface area (Å²) in [6.45, 7) is 0.285. The van der Waals surface area contributed by atoms with Crippen LogP contribution in [0.3, 0.4) is 0 Å². The van der Waals surface area contributed by atoms with Crippen LogP contribution in [0.4, 0.5) is 5.69 Å². The van der Waals surface area contributed by atoms with Gasteiger partial charge in [-0.2, -0.15) is 5.10 Å². The van der Waals surface area contributed by atoms with Crippen LogP contribution in [0.5, 0.6) is 0 Å². The van der Waals surface area contributed by atoms with Crippen molar-refractivity contribution in [3.63, 3.8) is 0 Å². The van der Waals surface area contributed by atoms with Gasteiger partial charge in [0.1, 0.15) is 0 Å². The summed E-state index contributed by atoms with van der Waals surface area (Å²) in [5.41, 5.74) is 1.71. The summed E-state index contributed by atoms with van der Waals surface area (Å²) in [5.74, 6) is 0. The predicted octanol–water partition coefficient (Wildman–Crippen LogP) is -0.963. The molecule has 0 radical (unpaired) electrons. The van der Waals surface area contributed by atoms with Gasteiger partial charge in [0.15, 0.2) is 0 Å². The average Bonchev–Trinajstić information content (AvgIpc) is 2.41. The van der Waals surface area contributed by atoms with Crippen LogP contribution in [-0.4, -0.2) is 41.0 Å². The van der Waals surface area contributed by atoms with Crippen LogP contribution in [-0.2, 0) is 6.54 Å². The summed E-state index contributed by atoms with van der Waals surface area (Å²) in [5, 5.41) is 22.4. The first-order valence-corrected chi connectivity index (χ1v) is 6.17. The third-order valence-corrected chi connectivity index (χ3v) is 2.95. The van der Waals surface area contributed by atoms with Crippen molar-refractivity contribution in [1.82, 2.24) is 9.78 Å². The second-order valence-electron chi connectivity index (χ2n) is 4.72. The Kier molecular flexibility index (Phi) is 4.21. The molecular formula is C13H16BN3O3. The van der Waals surface area contributed by atoms with Gasteiger partial charge in [-0.15, -0.1) is 0 Å². The van der Waals surface area contributed by atoms with E-state index in [0.29, 0.717) is 5.46 Å². The number of anilines is 1. The Hall–Kier alpha value is -2.12. The molecule has 0 amide bonds. The van der Waals surface area contributed by atoms with Gasteiger partial charge in [-0.1, -0.05) is 24.3 Å². The molecule has 2 N–H and O–H groups in total. The molecule has 7 heteroatoms. The molecule has 0 aliphatic carbocycles. The zero-order chi connectivity index (χ0) is 14.7. The van der Waals surface area contributed by atoms with Gasteiger partial charge in [-0.05, 0) is 11.0 Å². The molecule has 104 valence electrons. The molecule has 0 aliphatic rings. The molecule has 1 heterocycles. The molecule has 0 aliphatic heterocycles. The second-order valence-corrected chi connectivity index (χ2v) is 4.72. The molecule has 0 fully saturated rings. The highest BCUT2D eigenvalue weighted by Gasteiger charge is 2.11.